The molecule has 0 fully saturated rings. The number of hydrogen-bond donors (Lipinski definition) is 1. The van der Waals surface area contributed by atoms with Crippen molar-refractivity contribution in [3.8, 4) is 11.5 Å². The molecule has 27 heavy (non-hydrogen) atoms. The fourth-order valence-electron chi connectivity index (χ4n) is 2.09. The number of anilines is 1. The highest BCUT2D eigenvalue weighted by molar-refractivity contribution is 5.92. The van der Waals surface area contributed by atoms with E-state index in [-0.39, 0.29) is 5.82 Å². The summed E-state index contributed by atoms with van der Waals surface area (Å²) in [5, 5.41) is 2.34. The van der Waals surface area contributed by atoms with Gasteiger partial charge < -0.3 is 19.5 Å². The molecule has 0 aliphatic carbocycles. The Labute approximate surface area is 153 Å². The van der Waals surface area contributed by atoms with E-state index in [1.807, 2.05) is 0 Å². The van der Waals surface area contributed by atoms with Crippen molar-refractivity contribution in [1.82, 2.24) is 9.13 Å². The SMILES string of the molecule is COc1ccccc1OCC(=O)OCC(=O)Nc1cc(=O)n(C)c(=O)n1C. The Morgan fingerprint density at radius 3 is 2.37 bits per heavy atom. The van der Waals surface area contributed by atoms with E-state index in [1.54, 1.807) is 24.3 Å². The average Bonchev–Trinajstić information content (AvgIpc) is 2.67. The molecule has 1 N–H and O–H groups in total. The van der Waals surface area contributed by atoms with E-state index in [4.69, 9.17) is 14.2 Å². The Morgan fingerprint density at radius 1 is 1.04 bits per heavy atom. The number of hydrogen-bond acceptors (Lipinski definition) is 7. The Bertz CT molecular complexity index is 962. The van der Waals surface area contributed by atoms with E-state index in [0.29, 0.717) is 11.5 Å². The number of carbonyl (C=O) groups is 2. The van der Waals surface area contributed by atoms with Gasteiger partial charge in [-0.1, -0.05) is 12.1 Å². The van der Waals surface area contributed by atoms with Crippen LogP contribution in [0.5, 0.6) is 11.5 Å². The van der Waals surface area contributed by atoms with Gasteiger partial charge in [0.25, 0.3) is 11.5 Å². The smallest absolute Gasteiger partial charge is 0.344 e. The molecule has 1 amide bonds. The number of nitrogens with zero attached hydrogens (tertiary/aromatic N) is 2. The lowest BCUT2D eigenvalue weighted by molar-refractivity contribution is -0.149. The van der Waals surface area contributed by atoms with Crippen molar-refractivity contribution in [2.75, 3.05) is 25.6 Å². The molecule has 144 valence electrons. The molecule has 10 heteroatoms. The van der Waals surface area contributed by atoms with Crippen LogP contribution >= 0.6 is 0 Å². The van der Waals surface area contributed by atoms with E-state index in [2.05, 4.69) is 5.32 Å². The second-order valence-corrected chi connectivity index (χ2v) is 5.42. The van der Waals surface area contributed by atoms with Crippen LogP contribution < -0.4 is 26.0 Å². The van der Waals surface area contributed by atoms with Crippen LogP contribution in [0.15, 0.2) is 39.9 Å². The van der Waals surface area contributed by atoms with Crippen molar-refractivity contribution < 1.29 is 23.8 Å². The maximum absolute atomic E-state index is 11.9. The fourth-order valence-corrected chi connectivity index (χ4v) is 2.09. The number of methoxy groups -OCH3 is 1. The normalized spacial score (nSPS) is 10.2. The Morgan fingerprint density at radius 2 is 1.70 bits per heavy atom. The highest BCUT2D eigenvalue weighted by atomic mass is 16.6. The van der Waals surface area contributed by atoms with E-state index in [0.717, 1.165) is 15.2 Å². The molecule has 2 aromatic rings. The van der Waals surface area contributed by atoms with Crippen molar-refractivity contribution in [2.45, 2.75) is 0 Å². The lowest BCUT2D eigenvalue weighted by Gasteiger charge is -2.12. The summed E-state index contributed by atoms with van der Waals surface area (Å²) in [5.41, 5.74) is -1.17. The summed E-state index contributed by atoms with van der Waals surface area (Å²) in [4.78, 5) is 47.0. The molecule has 0 radical (unpaired) electrons. The van der Waals surface area contributed by atoms with Crippen molar-refractivity contribution in [2.24, 2.45) is 14.1 Å². The molecule has 0 aliphatic heterocycles. The molecule has 1 aromatic carbocycles. The van der Waals surface area contributed by atoms with Gasteiger partial charge in [0.1, 0.15) is 5.82 Å². The predicted molar refractivity (Wildman–Crippen MR) is 95.0 cm³/mol. The first-order chi connectivity index (χ1) is 12.8. The minimum absolute atomic E-state index is 0.00517. The van der Waals surface area contributed by atoms with Gasteiger partial charge in [-0.3, -0.25) is 18.7 Å². The molecular weight excluding hydrogens is 358 g/mol. The molecule has 1 heterocycles. The molecule has 0 spiro atoms. The van der Waals surface area contributed by atoms with Crippen LogP contribution in [0.2, 0.25) is 0 Å². The van der Waals surface area contributed by atoms with Crippen LogP contribution in [0.25, 0.3) is 0 Å². The average molecular weight is 377 g/mol. The van der Waals surface area contributed by atoms with Gasteiger partial charge in [-0.25, -0.2) is 9.59 Å². The first-order valence-corrected chi connectivity index (χ1v) is 7.82. The quantitative estimate of drug-likeness (QED) is 0.656. The van der Waals surface area contributed by atoms with Gasteiger partial charge in [0.15, 0.2) is 24.7 Å². The predicted octanol–water partition coefficient (Wildman–Crippen LogP) is -0.347. The zero-order valence-corrected chi connectivity index (χ0v) is 15.1. The van der Waals surface area contributed by atoms with Crippen LogP contribution in [0.3, 0.4) is 0 Å². The molecule has 0 unspecified atom stereocenters. The van der Waals surface area contributed by atoms with Crippen LogP contribution in [0.4, 0.5) is 5.82 Å². The topological polar surface area (TPSA) is 118 Å². The van der Waals surface area contributed by atoms with Gasteiger partial charge in [0.05, 0.1) is 7.11 Å². The molecular formula is C17H19N3O7. The van der Waals surface area contributed by atoms with Gasteiger partial charge in [-0.05, 0) is 12.1 Å². The molecule has 1 aromatic heterocycles. The zero-order chi connectivity index (χ0) is 20.0. The molecule has 10 nitrogen and oxygen atoms in total. The van der Waals surface area contributed by atoms with Crippen molar-refractivity contribution in [3.63, 3.8) is 0 Å². The first-order valence-electron chi connectivity index (χ1n) is 7.82. The first kappa shape index (κ1) is 19.8. The van der Waals surface area contributed by atoms with E-state index in [9.17, 15) is 19.2 Å². The monoisotopic (exact) mass is 377 g/mol. The van der Waals surface area contributed by atoms with E-state index in [1.165, 1.54) is 21.2 Å². The van der Waals surface area contributed by atoms with Crippen molar-refractivity contribution in [1.29, 1.82) is 0 Å². The minimum Gasteiger partial charge on any atom is -0.493 e. The van der Waals surface area contributed by atoms with Crippen LogP contribution in [0.1, 0.15) is 0 Å². The number of ether oxygens (including phenoxy) is 3. The number of rotatable bonds is 7. The molecule has 2 rings (SSSR count). The highest BCUT2D eigenvalue weighted by Gasteiger charge is 2.13. The minimum atomic E-state index is -0.770. The largest absolute Gasteiger partial charge is 0.493 e. The summed E-state index contributed by atoms with van der Waals surface area (Å²) in [5.74, 6) is -0.668. The fraction of sp³-hybridized carbons (Fsp3) is 0.294. The van der Waals surface area contributed by atoms with Gasteiger partial charge >= 0.3 is 11.7 Å². The number of nitrogens with one attached hydrogen (secondary N) is 1. The molecule has 0 aliphatic rings. The van der Waals surface area contributed by atoms with Crippen LogP contribution in [-0.4, -0.2) is 41.3 Å². The van der Waals surface area contributed by atoms with Crippen molar-refractivity contribution in [3.05, 3.63) is 51.2 Å². The summed E-state index contributed by atoms with van der Waals surface area (Å²) < 4.78 is 17.2. The van der Waals surface area contributed by atoms with Gasteiger partial charge in [0, 0.05) is 20.2 Å². The lowest BCUT2D eigenvalue weighted by Crippen LogP contribution is -2.38. The maximum atomic E-state index is 11.9. The summed E-state index contributed by atoms with van der Waals surface area (Å²) >= 11 is 0. The van der Waals surface area contributed by atoms with E-state index < -0.39 is 36.3 Å². The summed E-state index contributed by atoms with van der Waals surface area (Å²) in [7, 11) is 4.18. The summed E-state index contributed by atoms with van der Waals surface area (Å²) in [6, 6.07) is 7.84. The molecule has 0 saturated heterocycles. The number of esters is 1. The van der Waals surface area contributed by atoms with Gasteiger partial charge in [0.2, 0.25) is 0 Å². The third-order valence-corrected chi connectivity index (χ3v) is 3.57. The Kier molecular flexibility index (Phi) is 6.36. The molecule has 0 atom stereocenters. The highest BCUT2D eigenvalue weighted by Crippen LogP contribution is 2.25. The van der Waals surface area contributed by atoms with E-state index >= 15 is 0 Å². The standard InChI is InChI=1S/C17H19N3O7/c1-19-13(8-15(22)20(2)17(19)24)18-14(21)9-27-16(23)10-26-12-7-5-4-6-11(12)25-3/h4-8H,9-10H2,1-3H3,(H,18,21). The zero-order valence-electron chi connectivity index (χ0n) is 15.1. The lowest BCUT2D eigenvalue weighted by atomic mass is 10.3. The number of carbonyl (C=O) groups excluding carboxylic acids is 2. The third kappa shape index (κ3) is 4.97. The number of benzene rings is 1. The number of para-hydroxylation sites is 2. The molecule has 0 bridgehead atoms. The second kappa shape index (κ2) is 8.70. The Balaban J connectivity index is 1.88. The van der Waals surface area contributed by atoms with Crippen molar-refractivity contribution >= 4 is 17.7 Å². The van der Waals surface area contributed by atoms with Crippen LogP contribution in [0, 0.1) is 0 Å². The van der Waals surface area contributed by atoms with Crippen LogP contribution in [-0.2, 0) is 28.4 Å². The molecule has 0 saturated carbocycles. The summed E-state index contributed by atoms with van der Waals surface area (Å²) in [6.07, 6.45) is 0. The third-order valence-electron chi connectivity index (χ3n) is 3.57. The number of aromatic nitrogens is 2. The maximum Gasteiger partial charge on any atom is 0.344 e. The summed E-state index contributed by atoms with van der Waals surface area (Å²) in [6.45, 7) is -1.02. The van der Waals surface area contributed by atoms with Gasteiger partial charge in [-0.15, -0.1) is 0 Å². The Hall–Kier alpha value is -3.56. The van der Waals surface area contributed by atoms with Gasteiger partial charge in [-0.2, -0.15) is 0 Å². The number of amides is 1. The second-order valence-electron chi connectivity index (χ2n) is 5.42.